The van der Waals surface area contributed by atoms with Crippen LogP contribution in [0.1, 0.15) is 27.9 Å². The molecule has 0 bridgehead atoms. The zero-order valence-corrected chi connectivity index (χ0v) is 14.9. The zero-order chi connectivity index (χ0) is 20.7. The quantitative estimate of drug-likeness (QED) is 0.277. The van der Waals surface area contributed by atoms with Crippen LogP contribution in [-0.4, -0.2) is 41.3 Å². The summed E-state index contributed by atoms with van der Waals surface area (Å²) < 4.78 is 5.50. The van der Waals surface area contributed by atoms with E-state index in [9.17, 15) is 14.7 Å². The summed E-state index contributed by atoms with van der Waals surface area (Å²) in [6.07, 6.45) is 0.0386. The minimum Gasteiger partial charge on any atom is -0.493 e. The third-order valence-electron chi connectivity index (χ3n) is 3.88. The Bertz CT molecular complexity index is 895. The lowest BCUT2D eigenvalue weighted by atomic mass is 10.1. The topological polar surface area (TPSA) is 175 Å². The Hall–Kier alpha value is -3.88. The van der Waals surface area contributed by atoms with E-state index in [-0.39, 0.29) is 30.3 Å². The van der Waals surface area contributed by atoms with Crippen LogP contribution < -0.4 is 21.5 Å². The maximum atomic E-state index is 12.3. The Labute approximate surface area is 161 Å². The van der Waals surface area contributed by atoms with E-state index in [0.29, 0.717) is 16.9 Å². The number of carbonyl (C=O) groups excluding carboxylic acids is 1. The van der Waals surface area contributed by atoms with Crippen LogP contribution in [0.4, 0.5) is 0 Å². The van der Waals surface area contributed by atoms with Crippen LogP contribution in [0.3, 0.4) is 0 Å². The maximum Gasteiger partial charge on any atom is 0.326 e. The first-order valence-corrected chi connectivity index (χ1v) is 8.33. The van der Waals surface area contributed by atoms with Crippen molar-refractivity contribution in [2.45, 2.75) is 12.5 Å². The number of hydrogen-bond acceptors (Lipinski definition) is 5. The summed E-state index contributed by atoms with van der Waals surface area (Å²) in [6.45, 7) is 0.0435. The average molecular weight is 383 g/mol. The fourth-order valence-corrected chi connectivity index (χ4v) is 2.35. The number of benzene rings is 2. The van der Waals surface area contributed by atoms with E-state index in [2.05, 4.69) is 5.32 Å². The highest BCUT2D eigenvalue weighted by Crippen LogP contribution is 2.13. The van der Waals surface area contributed by atoms with E-state index in [0.717, 1.165) is 0 Å². The lowest BCUT2D eigenvalue weighted by Crippen LogP contribution is -2.41. The summed E-state index contributed by atoms with van der Waals surface area (Å²) in [6, 6.07) is 11.4. The van der Waals surface area contributed by atoms with Gasteiger partial charge in [-0.1, -0.05) is 24.3 Å². The third kappa shape index (κ3) is 5.56. The second-order valence-electron chi connectivity index (χ2n) is 5.93. The highest BCUT2D eigenvalue weighted by molar-refractivity contribution is 5.99. The highest BCUT2D eigenvalue weighted by atomic mass is 16.5. The van der Waals surface area contributed by atoms with Gasteiger partial charge in [0.05, 0.1) is 6.61 Å². The molecule has 0 aliphatic heterocycles. The van der Waals surface area contributed by atoms with Gasteiger partial charge in [-0.15, -0.1) is 0 Å². The molecule has 0 spiro atoms. The lowest BCUT2D eigenvalue weighted by molar-refractivity contribution is -0.139. The van der Waals surface area contributed by atoms with Gasteiger partial charge in [0.15, 0.2) is 0 Å². The number of rotatable bonds is 9. The molecule has 0 saturated heterocycles. The van der Waals surface area contributed by atoms with Gasteiger partial charge in [-0.2, -0.15) is 0 Å². The van der Waals surface area contributed by atoms with Crippen LogP contribution in [0, 0.1) is 10.8 Å². The van der Waals surface area contributed by atoms with Gasteiger partial charge in [0.25, 0.3) is 5.91 Å². The van der Waals surface area contributed by atoms with Crippen molar-refractivity contribution in [1.29, 1.82) is 10.8 Å². The monoisotopic (exact) mass is 383 g/mol. The van der Waals surface area contributed by atoms with E-state index in [1.54, 1.807) is 24.3 Å². The van der Waals surface area contributed by atoms with E-state index < -0.39 is 17.9 Å². The van der Waals surface area contributed by atoms with Crippen LogP contribution >= 0.6 is 0 Å². The van der Waals surface area contributed by atoms with Crippen molar-refractivity contribution in [2.24, 2.45) is 11.5 Å². The number of aliphatic carboxylic acids is 1. The minimum absolute atomic E-state index is 0.0386. The van der Waals surface area contributed by atoms with E-state index in [4.69, 9.17) is 27.0 Å². The summed E-state index contributed by atoms with van der Waals surface area (Å²) in [5.41, 5.74) is 12.0. The van der Waals surface area contributed by atoms with E-state index >= 15 is 0 Å². The van der Waals surface area contributed by atoms with Gasteiger partial charge >= 0.3 is 5.97 Å². The van der Waals surface area contributed by atoms with Gasteiger partial charge in [-0.05, 0) is 24.3 Å². The molecule has 9 nitrogen and oxygen atoms in total. The molecule has 1 atom stereocenters. The summed E-state index contributed by atoms with van der Waals surface area (Å²) >= 11 is 0. The summed E-state index contributed by atoms with van der Waals surface area (Å²) in [5.74, 6) is -1.52. The van der Waals surface area contributed by atoms with Crippen molar-refractivity contribution in [3.05, 3.63) is 65.2 Å². The number of amidine groups is 2. The molecular weight excluding hydrogens is 362 g/mol. The third-order valence-corrected chi connectivity index (χ3v) is 3.88. The molecule has 146 valence electrons. The fraction of sp³-hybridized carbons (Fsp3) is 0.158. The number of nitrogen functional groups attached to an aromatic ring is 2. The van der Waals surface area contributed by atoms with Crippen molar-refractivity contribution in [3.63, 3.8) is 0 Å². The molecule has 2 aromatic carbocycles. The minimum atomic E-state index is -1.19. The van der Waals surface area contributed by atoms with Crippen molar-refractivity contribution in [3.8, 4) is 5.75 Å². The molecule has 0 fully saturated rings. The summed E-state index contributed by atoms with van der Waals surface area (Å²) in [5, 5.41) is 26.5. The lowest BCUT2D eigenvalue weighted by Gasteiger charge is -2.15. The smallest absolute Gasteiger partial charge is 0.326 e. The Morgan fingerprint density at radius 1 is 1.00 bits per heavy atom. The van der Waals surface area contributed by atoms with Crippen LogP contribution in [0.5, 0.6) is 5.75 Å². The molecular formula is C19H21N5O4. The predicted octanol–water partition coefficient (Wildman–Crippen LogP) is 0.907. The summed E-state index contributed by atoms with van der Waals surface area (Å²) in [4.78, 5) is 23.7. The summed E-state index contributed by atoms with van der Waals surface area (Å²) in [7, 11) is 0. The van der Waals surface area contributed by atoms with Crippen molar-refractivity contribution >= 4 is 23.5 Å². The molecule has 0 heterocycles. The number of hydrogen-bond donors (Lipinski definition) is 6. The van der Waals surface area contributed by atoms with Gasteiger partial charge in [-0.25, -0.2) is 4.79 Å². The molecule has 0 aromatic heterocycles. The first-order valence-electron chi connectivity index (χ1n) is 8.33. The molecule has 0 radical (unpaired) electrons. The number of carboxylic acid groups (broad SMARTS) is 1. The number of amides is 1. The van der Waals surface area contributed by atoms with Gasteiger partial charge < -0.3 is 26.6 Å². The molecule has 0 unspecified atom stereocenters. The molecule has 1 amide bonds. The molecule has 0 aliphatic carbocycles. The van der Waals surface area contributed by atoms with Crippen LogP contribution in [0.2, 0.25) is 0 Å². The molecule has 8 N–H and O–H groups in total. The molecule has 2 aromatic rings. The normalized spacial score (nSPS) is 11.3. The molecule has 2 rings (SSSR count). The van der Waals surface area contributed by atoms with Crippen LogP contribution in [0.15, 0.2) is 48.5 Å². The van der Waals surface area contributed by atoms with Crippen LogP contribution in [-0.2, 0) is 4.79 Å². The van der Waals surface area contributed by atoms with Gasteiger partial charge in [-0.3, -0.25) is 15.6 Å². The largest absolute Gasteiger partial charge is 0.493 e. The first kappa shape index (κ1) is 20.4. The molecule has 0 aliphatic rings. The highest BCUT2D eigenvalue weighted by Gasteiger charge is 2.21. The fourth-order valence-electron chi connectivity index (χ4n) is 2.35. The average Bonchev–Trinajstić information content (AvgIpc) is 2.67. The molecule has 28 heavy (non-hydrogen) atoms. The maximum absolute atomic E-state index is 12.3. The van der Waals surface area contributed by atoms with Gasteiger partial charge in [0, 0.05) is 23.1 Å². The Morgan fingerprint density at radius 3 is 2.18 bits per heavy atom. The Kier molecular flexibility index (Phi) is 6.69. The van der Waals surface area contributed by atoms with E-state index in [1.807, 2.05) is 0 Å². The first-order chi connectivity index (χ1) is 13.3. The SMILES string of the molecule is N=C(N)c1ccc(C(=O)N[C@H](CCOc2cccc(C(=N)N)c2)C(=O)O)cc1. The van der Waals surface area contributed by atoms with Gasteiger partial charge in [0.2, 0.25) is 0 Å². The number of nitrogens with one attached hydrogen (secondary N) is 3. The van der Waals surface area contributed by atoms with Crippen molar-refractivity contribution < 1.29 is 19.4 Å². The zero-order valence-electron chi connectivity index (χ0n) is 14.9. The predicted molar refractivity (Wildman–Crippen MR) is 104 cm³/mol. The second kappa shape index (κ2) is 9.17. The van der Waals surface area contributed by atoms with E-state index in [1.165, 1.54) is 24.3 Å². The van der Waals surface area contributed by atoms with Gasteiger partial charge in [0.1, 0.15) is 23.5 Å². The number of carbonyl (C=O) groups is 2. The molecule has 0 saturated carbocycles. The van der Waals surface area contributed by atoms with Crippen molar-refractivity contribution in [2.75, 3.05) is 6.61 Å². The van der Waals surface area contributed by atoms with Crippen LogP contribution in [0.25, 0.3) is 0 Å². The number of carboxylic acids is 1. The standard InChI is InChI=1S/C19H21N5O4/c20-16(21)11-4-6-12(7-5-11)18(25)24-15(19(26)27)8-9-28-14-3-1-2-13(10-14)17(22)23/h1-7,10,15H,8-9H2,(H3,20,21)(H3,22,23)(H,24,25)(H,26,27)/t15-/m1/s1. The number of nitrogens with two attached hydrogens (primary N) is 2. The number of ether oxygens (including phenoxy) is 1. The Balaban J connectivity index is 1.95. The second-order valence-corrected chi connectivity index (χ2v) is 5.93. The molecule has 9 heteroatoms. The Morgan fingerprint density at radius 2 is 1.61 bits per heavy atom. The van der Waals surface area contributed by atoms with Crippen molar-refractivity contribution in [1.82, 2.24) is 5.32 Å².